The number of fused-ring (bicyclic) bond motifs is 1. The molecule has 2 heterocycles. The number of hydrogen-bond donors (Lipinski definition) is 1. The molecular weight excluding hydrogens is 379 g/mol. The first kappa shape index (κ1) is 13.0. The van der Waals surface area contributed by atoms with E-state index in [-0.39, 0.29) is 5.56 Å². The van der Waals surface area contributed by atoms with Crippen molar-refractivity contribution in [3.63, 3.8) is 0 Å². The maximum atomic E-state index is 12.0. The molecule has 1 N–H and O–H groups in total. The number of ether oxygens (including phenoxy) is 1. The average molecular weight is 390 g/mol. The summed E-state index contributed by atoms with van der Waals surface area (Å²) < 4.78 is 6.54. The van der Waals surface area contributed by atoms with Crippen molar-refractivity contribution in [2.45, 2.75) is 18.8 Å². The van der Waals surface area contributed by atoms with E-state index in [1.807, 2.05) is 0 Å². The summed E-state index contributed by atoms with van der Waals surface area (Å²) in [6.07, 6.45) is 5.61. The van der Waals surface area contributed by atoms with Crippen molar-refractivity contribution in [1.29, 1.82) is 0 Å². The van der Waals surface area contributed by atoms with Gasteiger partial charge in [-0.2, -0.15) is 0 Å². The Morgan fingerprint density at radius 1 is 1.58 bits per heavy atom. The number of hydrogen-bond acceptors (Lipinski definition) is 4. The van der Waals surface area contributed by atoms with E-state index >= 15 is 0 Å². The minimum absolute atomic E-state index is 0.182. The molecule has 2 aromatic rings. The lowest BCUT2D eigenvalue weighted by atomic mass is 10.1. The normalized spacial score (nSPS) is 14.8. The van der Waals surface area contributed by atoms with Crippen molar-refractivity contribution in [3.8, 4) is 0 Å². The molecular formula is C12H11IN2O3S. The number of aromatic nitrogens is 2. The molecule has 5 nitrogen and oxygen atoms in total. The third-order valence-electron chi connectivity index (χ3n) is 3.33. The summed E-state index contributed by atoms with van der Waals surface area (Å²) in [5, 5.41) is 0.738. The Bertz CT molecular complexity index is 718. The molecule has 0 radical (unpaired) electrons. The van der Waals surface area contributed by atoms with Crippen molar-refractivity contribution >= 4 is 47.2 Å². The van der Waals surface area contributed by atoms with Gasteiger partial charge in [-0.05, 0) is 24.3 Å². The van der Waals surface area contributed by atoms with Crippen molar-refractivity contribution in [1.82, 2.24) is 8.96 Å². The molecule has 7 heteroatoms. The third kappa shape index (κ3) is 2.08. The Morgan fingerprint density at radius 2 is 2.32 bits per heavy atom. The largest absolute Gasteiger partial charge is 0.465 e. The summed E-state index contributed by atoms with van der Waals surface area (Å²) in [6.45, 7) is 0. The van der Waals surface area contributed by atoms with Gasteiger partial charge in [0.15, 0.2) is 0 Å². The fourth-order valence-corrected chi connectivity index (χ4v) is 3.63. The molecule has 0 aromatic carbocycles. The number of nitrogens with zero attached hydrogens (tertiary/aromatic N) is 1. The molecule has 0 bridgehead atoms. The Hall–Kier alpha value is -0.960. The van der Waals surface area contributed by atoms with Gasteiger partial charge in [0, 0.05) is 48.1 Å². The van der Waals surface area contributed by atoms with E-state index in [1.54, 1.807) is 16.4 Å². The van der Waals surface area contributed by atoms with Gasteiger partial charge in [-0.3, -0.25) is 8.77 Å². The molecule has 3 rings (SSSR count). The van der Waals surface area contributed by atoms with Crippen LogP contribution in [0.3, 0.4) is 0 Å². The van der Waals surface area contributed by atoms with E-state index in [9.17, 15) is 9.59 Å². The van der Waals surface area contributed by atoms with Gasteiger partial charge in [0.2, 0.25) is 0 Å². The number of halogens is 1. The Balaban J connectivity index is 2.39. The molecule has 0 amide bonds. The summed E-state index contributed by atoms with van der Waals surface area (Å²) in [5.74, 6) is 0.0412. The number of H-pyrrole nitrogens is 1. The zero-order valence-electron chi connectivity index (χ0n) is 10.1. The highest BCUT2D eigenvalue weighted by Crippen LogP contribution is 2.44. The minimum Gasteiger partial charge on any atom is -0.465 e. The Labute approximate surface area is 125 Å². The second-order valence-corrected chi connectivity index (χ2v) is 6.21. The summed E-state index contributed by atoms with van der Waals surface area (Å²) in [5.41, 5.74) is 1.86. The van der Waals surface area contributed by atoms with Gasteiger partial charge in [-0.1, -0.05) is 0 Å². The van der Waals surface area contributed by atoms with Crippen LogP contribution in [0.5, 0.6) is 0 Å². The van der Waals surface area contributed by atoms with E-state index < -0.39 is 5.97 Å². The lowest BCUT2D eigenvalue weighted by Gasteiger charge is -2.03. The van der Waals surface area contributed by atoms with E-state index in [0.717, 1.165) is 23.8 Å². The minimum atomic E-state index is -0.401. The number of nitrogens with one attached hydrogen (secondary N) is 1. The van der Waals surface area contributed by atoms with Crippen LogP contribution >= 0.6 is 30.3 Å². The number of rotatable bonds is 3. The highest BCUT2D eigenvalue weighted by atomic mass is 127. The standard InChI is InChI=1S/C12H11IN2O3S/c1-18-12(17)8-5-15(19-13)10-9(8)7(6-2-3-6)4-14-11(10)16/h4-6H,2-3H2,1H3,(H,14,16). The first-order chi connectivity index (χ1) is 9.17. The predicted molar refractivity (Wildman–Crippen MR) is 82.9 cm³/mol. The fourth-order valence-electron chi connectivity index (χ4n) is 2.31. The Kier molecular flexibility index (Phi) is 3.34. The van der Waals surface area contributed by atoms with E-state index in [4.69, 9.17) is 4.74 Å². The molecule has 19 heavy (non-hydrogen) atoms. The summed E-state index contributed by atoms with van der Waals surface area (Å²) in [6, 6.07) is 0. The maximum Gasteiger partial charge on any atom is 0.340 e. The number of carbonyl (C=O) groups excluding carboxylic acids is 1. The molecule has 1 aliphatic carbocycles. The molecule has 0 unspecified atom stereocenters. The zero-order valence-corrected chi connectivity index (χ0v) is 13.1. The molecule has 1 saturated carbocycles. The Morgan fingerprint density at radius 3 is 2.89 bits per heavy atom. The molecule has 1 aliphatic rings. The first-order valence-corrected chi connectivity index (χ1v) is 9.13. The monoisotopic (exact) mass is 390 g/mol. The third-order valence-corrected chi connectivity index (χ3v) is 5.04. The maximum absolute atomic E-state index is 12.0. The van der Waals surface area contributed by atoms with Crippen LogP contribution < -0.4 is 5.56 Å². The lowest BCUT2D eigenvalue weighted by Crippen LogP contribution is -2.09. The van der Waals surface area contributed by atoms with Crippen LogP contribution in [-0.2, 0) is 4.74 Å². The van der Waals surface area contributed by atoms with E-state index in [0.29, 0.717) is 17.0 Å². The topological polar surface area (TPSA) is 64.1 Å². The second-order valence-electron chi connectivity index (χ2n) is 4.50. The fraction of sp³-hybridized carbons (Fsp3) is 0.333. The van der Waals surface area contributed by atoms with Gasteiger partial charge in [0.05, 0.1) is 12.7 Å². The van der Waals surface area contributed by atoms with Gasteiger partial charge < -0.3 is 9.72 Å². The van der Waals surface area contributed by atoms with E-state index in [2.05, 4.69) is 26.2 Å². The van der Waals surface area contributed by atoms with Crippen molar-refractivity contribution in [2.75, 3.05) is 7.11 Å². The van der Waals surface area contributed by atoms with E-state index in [1.165, 1.54) is 16.2 Å². The van der Waals surface area contributed by atoms with Gasteiger partial charge in [-0.25, -0.2) is 4.79 Å². The summed E-state index contributed by atoms with van der Waals surface area (Å²) in [4.78, 5) is 26.7. The van der Waals surface area contributed by atoms with Crippen molar-refractivity contribution in [2.24, 2.45) is 0 Å². The van der Waals surface area contributed by atoms with Crippen LogP contribution in [0.15, 0.2) is 17.2 Å². The van der Waals surface area contributed by atoms with Crippen LogP contribution in [0.4, 0.5) is 0 Å². The number of esters is 1. The molecule has 1 fully saturated rings. The van der Waals surface area contributed by atoms with Gasteiger partial charge in [0.1, 0.15) is 5.52 Å². The van der Waals surface area contributed by atoms with Crippen LogP contribution in [0.25, 0.3) is 10.9 Å². The van der Waals surface area contributed by atoms with Crippen LogP contribution in [0, 0.1) is 0 Å². The molecule has 0 saturated heterocycles. The van der Waals surface area contributed by atoms with Gasteiger partial charge >= 0.3 is 5.97 Å². The zero-order chi connectivity index (χ0) is 13.6. The van der Waals surface area contributed by atoms with Gasteiger partial charge in [-0.15, -0.1) is 0 Å². The number of pyridine rings is 1. The first-order valence-electron chi connectivity index (χ1n) is 5.81. The van der Waals surface area contributed by atoms with Crippen LogP contribution in [0.1, 0.15) is 34.7 Å². The smallest absolute Gasteiger partial charge is 0.340 e. The molecule has 100 valence electrons. The molecule has 0 spiro atoms. The number of carbonyl (C=O) groups is 1. The van der Waals surface area contributed by atoms with Crippen molar-refractivity contribution < 1.29 is 9.53 Å². The second kappa shape index (κ2) is 4.86. The number of methoxy groups -OCH3 is 1. The summed E-state index contributed by atoms with van der Waals surface area (Å²) >= 11 is 2.09. The van der Waals surface area contributed by atoms with Crippen LogP contribution in [-0.4, -0.2) is 22.0 Å². The highest BCUT2D eigenvalue weighted by Gasteiger charge is 2.30. The average Bonchev–Trinajstić information content (AvgIpc) is 3.18. The number of aromatic amines is 1. The molecule has 0 aliphatic heterocycles. The predicted octanol–water partition coefficient (Wildman–Crippen LogP) is 2.84. The molecule has 0 atom stereocenters. The summed E-state index contributed by atoms with van der Waals surface area (Å²) in [7, 11) is 2.71. The molecule has 2 aromatic heterocycles. The van der Waals surface area contributed by atoms with Crippen molar-refractivity contribution in [3.05, 3.63) is 33.9 Å². The highest BCUT2D eigenvalue weighted by molar-refractivity contribution is 14.2. The van der Waals surface area contributed by atoms with Gasteiger partial charge in [0.25, 0.3) is 5.56 Å². The quantitative estimate of drug-likeness (QED) is 0.647. The SMILES string of the molecule is COC(=O)c1cn(SI)c2c(=O)[nH]cc(C3CC3)c12. The lowest BCUT2D eigenvalue weighted by molar-refractivity contribution is 0.0603. The van der Waals surface area contributed by atoms with Crippen LogP contribution in [0.2, 0.25) is 0 Å².